The van der Waals surface area contributed by atoms with E-state index in [2.05, 4.69) is 11.7 Å². The van der Waals surface area contributed by atoms with Gasteiger partial charge in [0.2, 0.25) is 0 Å². The summed E-state index contributed by atoms with van der Waals surface area (Å²) in [6.07, 6.45) is 1.49. The molecule has 0 unspecified atom stereocenters. The van der Waals surface area contributed by atoms with Crippen LogP contribution < -0.4 is 0 Å². The lowest BCUT2D eigenvalue weighted by atomic mass is 10.0. The van der Waals surface area contributed by atoms with Crippen molar-refractivity contribution in [1.29, 1.82) is 0 Å². The van der Waals surface area contributed by atoms with Crippen LogP contribution in [0, 0.1) is 11.6 Å². The SMILES string of the molecule is C=CCN(C[C@H]1CC(c2ccccc2F)=NO1)C(=O)c1ccccc1F. The van der Waals surface area contributed by atoms with Crippen LogP contribution in [0.4, 0.5) is 8.78 Å². The van der Waals surface area contributed by atoms with E-state index >= 15 is 0 Å². The van der Waals surface area contributed by atoms with Crippen molar-refractivity contribution in [1.82, 2.24) is 4.90 Å². The highest BCUT2D eigenvalue weighted by Crippen LogP contribution is 2.20. The lowest BCUT2D eigenvalue weighted by Gasteiger charge is -2.23. The predicted molar refractivity (Wildman–Crippen MR) is 94.9 cm³/mol. The highest BCUT2D eigenvalue weighted by Gasteiger charge is 2.28. The molecule has 3 rings (SSSR count). The van der Waals surface area contributed by atoms with E-state index in [1.165, 1.54) is 29.2 Å². The van der Waals surface area contributed by atoms with Gasteiger partial charge >= 0.3 is 0 Å². The number of carbonyl (C=O) groups excluding carboxylic acids is 1. The topological polar surface area (TPSA) is 41.9 Å². The molecule has 134 valence electrons. The molecule has 4 nitrogen and oxygen atoms in total. The van der Waals surface area contributed by atoms with Gasteiger partial charge in [0.05, 0.1) is 17.8 Å². The van der Waals surface area contributed by atoms with Gasteiger partial charge in [-0.3, -0.25) is 4.79 Å². The van der Waals surface area contributed by atoms with Crippen molar-refractivity contribution in [3.63, 3.8) is 0 Å². The maximum absolute atomic E-state index is 13.9. The number of hydrogen-bond acceptors (Lipinski definition) is 3. The minimum absolute atomic E-state index is 0.0115. The highest BCUT2D eigenvalue weighted by atomic mass is 19.1. The molecular formula is C20H18F2N2O2. The molecule has 26 heavy (non-hydrogen) atoms. The van der Waals surface area contributed by atoms with Gasteiger partial charge in [0.25, 0.3) is 5.91 Å². The molecule has 0 spiro atoms. The van der Waals surface area contributed by atoms with Crippen molar-refractivity contribution in [2.24, 2.45) is 5.16 Å². The molecule has 1 atom stereocenters. The van der Waals surface area contributed by atoms with Crippen LogP contribution in [0.15, 0.2) is 66.3 Å². The largest absolute Gasteiger partial charge is 0.390 e. The van der Waals surface area contributed by atoms with Gasteiger partial charge in [0.1, 0.15) is 11.6 Å². The Morgan fingerprint density at radius 2 is 1.88 bits per heavy atom. The van der Waals surface area contributed by atoms with E-state index in [-0.39, 0.29) is 24.5 Å². The minimum atomic E-state index is -0.581. The van der Waals surface area contributed by atoms with Gasteiger partial charge in [-0.2, -0.15) is 0 Å². The van der Waals surface area contributed by atoms with Crippen LogP contribution in [0.1, 0.15) is 22.3 Å². The summed E-state index contributed by atoms with van der Waals surface area (Å²) in [5, 5.41) is 3.95. The van der Waals surface area contributed by atoms with E-state index in [9.17, 15) is 13.6 Å². The van der Waals surface area contributed by atoms with Crippen LogP contribution in [-0.4, -0.2) is 35.7 Å². The number of hydrogen-bond donors (Lipinski definition) is 0. The summed E-state index contributed by atoms with van der Waals surface area (Å²) in [4.78, 5) is 19.4. The summed E-state index contributed by atoms with van der Waals surface area (Å²) < 4.78 is 27.8. The zero-order valence-electron chi connectivity index (χ0n) is 14.1. The normalized spacial score (nSPS) is 15.9. The third-order valence-corrected chi connectivity index (χ3v) is 4.08. The fourth-order valence-electron chi connectivity index (χ4n) is 2.83. The summed E-state index contributed by atoms with van der Waals surface area (Å²) >= 11 is 0. The van der Waals surface area contributed by atoms with Gasteiger partial charge in [0, 0.05) is 18.5 Å². The van der Waals surface area contributed by atoms with Crippen molar-refractivity contribution in [2.45, 2.75) is 12.5 Å². The Bertz CT molecular complexity index is 851. The predicted octanol–water partition coefficient (Wildman–Crippen LogP) is 3.79. The van der Waals surface area contributed by atoms with Crippen molar-refractivity contribution >= 4 is 11.6 Å². The van der Waals surface area contributed by atoms with E-state index in [4.69, 9.17) is 4.84 Å². The third kappa shape index (κ3) is 3.79. The number of halogens is 2. The molecule has 0 bridgehead atoms. The molecule has 2 aromatic carbocycles. The highest BCUT2D eigenvalue weighted by molar-refractivity contribution is 6.01. The van der Waals surface area contributed by atoms with Crippen LogP contribution in [-0.2, 0) is 4.84 Å². The Morgan fingerprint density at radius 3 is 2.58 bits per heavy atom. The van der Waals surface area contributed by atoms with Gasteiger partial charge in [-0.05, 0) is 18.2 Å². The molecule has 1 heterocycles. The van der Waals surface area contributed by atoms with Crippen LogP contribution in [0.2, 0.25) is 0 Å². The Hall–Kier alpha value is -3.02. The Labute approximate surface area is 150 Å². The first-order valence-corrected chi connectivity index (χ1v) is 8.22. The van der Waals surface area contributed by atoms with E-state index in [0.717, 1.165) is 0 Å². The second-order valence-electron chi connectivity index (χ2n) is 5.93. The smallest absolute Gasteiger partial charge is 0.257 e. The molecule has 6 heteroatoms. The van der Waals surface area contributed by atoms with E-state index in [0.29, 0.717) is 17.7 Å². The molecule has 0 aromatic heterocycles. The number of nitrogens with zero attached hydrogens (tertiary/aromatic N) is 2. The average Bonchev–Trinajstić information content (AvgIpc) is 3.10. The summed E-state index contributed by atoms with van der Waals surface area (Å²) in [7, 11) is 0. The van der Waals surface area contributed by atoms with Gasteiger partial charge in [-0.15, -0.1) is 6.58 Å². The number of benzene rings is 2. The van der Waals surface area contributed by atoms with Crippen LogP contribution in [0.3, 0.4) is 0 Å². The number of amides is 1. The first-order chi connectivity index (χ1) is 12.6. The van der Waals surface area contributed by atoms with Crippen molar-refractivity contribution < 1.29 is 18.4 Å². The lowest BCUT2D eigenvalue weighted by Crippen LogP contribution is -2.38. The quantitative estimate of drug-likeness (QED) is 0.739. The van der Waals surface area contributed by atoms with E-state index in [1.807, 2.05) is 0 Å². The first-order valence-electron chi connectivity index (χ1n) is 8.22. The van der Waals surface area contributed by atoms with Crippen molar-refractivity contribution in [2.75, 3.05) is 13.1 Å². The summed E-state index contributed by atoms with van der Waals surface area (Å²) in [5.74, 6) is -1.41. The molecule has 0 N–H and O–H groups in total. The second-order valence-corrected chi connectivity index (χ2v) is 5.93. The van der Waals surface area contributed by atoms with Crippen LogP contribution >= 0.6 is 0 Å². The number of oxime groups is 1. The monoisotopic (exact) mass is 356 g/mol. The van der Waals surface area contributed by atoms with Crippen molar-refractivity contribution in [3.05, 3.63) is 83.9 Å². The third-order valence-electron chi connectivity index (χ3n) is 4.08. The summed E-state index contributed by atoms with van der Waals surface area (Å²) in [5.41, 5.74) is 0.860. The lowest BCUT2D eigenvalue weighted by molar-refractivity contribution is 0.0447. The molecule has 0 aliphatic carbocycles. The summed E-state index contributed by atoms with van der Waals surface area (Å²) in [6.45, 7) is 4.07. The van der Waals surface area contributed by atoms with Crippen LogP contribution in [0.25, 0.3) is 0 Å². The Morgan fingerprint density at radius 1 is 1.19 bits per heavy atom. The fourth-order valence-corrected chi connectivity index (χ4v) is 2.83. The van der Waals surface area contributed by atoms with E-state index in [1.54, 1.807) is 30.3 Å². The molecule has 0 saturated heterocycles. The molecule has 0 radical (unpaired) electrons. The fraction of sp³-hybridized carbons (Fsp3) is 0.200. The second kappa shape index (κ2) is 7.91. The zero-order chi connectivity index (χ0) is 18.5. The maximum Gasteiger partial charge on any atom is 0.257 e. The number of carbonyl (C=O) groups is 1. The Balaban J connectivity index is 1.70. The van der Waals surface area contributed by atoms with Gasteiger partial charge in [-0.1, -0.05) is 41.6 Å². The molecule has 1 aliphatic rings. The van der Waals surface area contributed by atoms with Gasteiger partial charge < -0.3 is 9.74 Å². The standard InChI is InChI=1S/C20H18F2N2O2/c1-2-11-24(20(25)16-8-4-6-10-18(16)22)13-14-12-19(23-26-14)15-7-3-5-9-17(15)21/h2-10,14H,1,11-13H2/t14-/m1/s1. The first kappa shape index (κ1) is 17.8. The van der Waals surface area contributed by atoms with E-state index < -0.39 is 17.8 Å². The minimum Gasteiger partial charge on any atom is -0.390 e. The maximum atomic E-state index is 13.9. The van der Waals surface area contributed by atoms with Gasteiger partial charge in [0.15, 0.2) is 6.10 Å². The molecule has 0 saturated carbocycles. The number of rotatable bonds is 6. The zero-order valence-corrected chi connectivity index (χ0v) is 14.1. The summed E-state index contributed by atoms with van der Waals surface area (Å²) in [6, 6.07) is 12.1. The molecule has 1 aliphatic heterocycles. The molecular weight excluding hydrogens is 338 g/mol. The van der Waals surface area contributed by atoms with Gasteiger partial charge in [-0.25, -0.2) is 8.78 Å². The molecule has 0 fully saturated rings. The van der Waals surface area contributed by atoms with Crippen LogP contribution in [0.5, 0.6) is 0 Å². The molecule has 1 amide bonds. The molecule has 2 aromatic rings. The average molecular weight is 356 g/mol. The Kier molecular flexibility index (Phi) is 5.41. The van der Waals surface area contributed by atoms with Crippen molar-refractivity contribution in [3.8, 4) is 0 Å².